The van der Waals surface area contributed by atoms with Gasteiger partial charge in [-0.05, 0) is 24.6 Å². The van der Waals surface area contributed by atoms with Crippen LogP contribution in [0.1, 0.15) is 23.9 Å². The molecule has 0 atom stereocenters. The van der Waals surface area contributed by atoms with Gasteiger partial charge in [0.25, 0.3) is 0 Å². The Morgan fingerprint density at radius 1 is 1.19 bits per heavy atom. The third-order valence-corrected chi connectivity index (χ3v) is 3.13. The Morgan fingerprint density at radius 2 is 1.81 bits per heavy atom. The van der Waals surface area contributed by atoms with Crippen LogP contribution in [0.2, 0.25) is 0 Å². The number of carboxylic acids is 1. The number of carboxylic acid groups (broad SMARTS) is 1. The first kappa shape index (κ1) is 19.1. The van der Waals surface area contributed by atoms with Gasteiger partial charge in [0.15, 0.2) is 11.3 Å². The van der Waals surface area contributed by atoms with Crippen molar-refractivity contribution in [3.05, 3.63) is 52.6 Å². The average Bonchev–Trinajstić information content (AvgIpc) is 3.02. The summed E-state index contributed by atoms with van der Waals surface area (Å²) >= 11 is 0. The number of nitrogens with one attached hydrogen (secondary N) is 1. The first-order chi connectivity index (χ1) is 12.2. The van der Waals surface area contributed by atoms with E-state index in [4.69, 9.17) is 0 Å². The van der Waals surface area contributed by atoms with E-state index in [9.17, 15) is 32.3 Å². The second-order valence-electron chi connectivity index (χ2n) is 4.80. The lowest BCUT2D eigenvalue weighted by Crippen LogP contribution is -2.19. The number of hydrogen-bond donors (Lipinski definition) is 2. The number of hydrogen-bond acceptors (Lipinski definition) is 5. The predicted molar refractivity (Wildman–Crippen MR) is 78.1 cm³/mol. The molecule has 138 valence electrons. The quantitative estimate of drug-likeness (QED) is 0.274. The van der Waals surface area contributed by atoms with Crippen molar-refractivity contribution in [1.82, 2.24) is 15.4 Å². The van der Waals surface area contributed by atoms with Gasteiger partial charge in [-0.15, -0.1) is 0 Å². The molecule has 0 saturated carbocycles. The number of carbonyl (C=O) groups is 2. The molecule has 0 aliphatic rings. The van der Waals surface area contributed by atoms with E-state index in [2.05, 4.69) is 14.9 Å². The Bertz CT molecular complexity index is 857. The molecule has 1 heterocycles. The standard InChI is InChI=1S/C15H11F4N3O4/c1-2-26-14(25)10(13(23)24)9(7-3-5-8(16)6-4-7)11-12(15(17,18)19)21-22-20-11/h3-6H,2H2,1H3,(H,23,24)(H,20,21,22)/b10-9+. The molecule has 0 bridgehead atoms. The fraction of sp³-hybridized carbons (Fsp3) is 0.200. The highest BCUT2D eigenvalue weighted by molar-refractivity contribution is 6.21. The van der Waals surface area contributed by atoms with Gasteiger partial charge in [-0.3, -0.25) is 0 Å². The number of rotatable bonds is 5. The number of benzene rings is 1. The predicted octanol–water partition coefficient (Wildman–Crippen LogP) is 2.41. The molecular formula is C15H11F4N3O4. The van der Waals surface area contributed by atoms with Crippen molar-refractivity contribution >= 4 is 17.5 Å². The Labute approximate surface area is 143 Å². The number of aromatic nitrogens is 3. The van der Waals surface area contributed by atoms with Crippen molar-refractivity contribution in [2.45, 2.75) is 13.1 Å². The summed E-state index contributed by atoms with van der Waals surface area (Å²) in [6, 6.07) is 3.82. The fourth-order valence-corrected chi connectivity index (χ4v) is 2.12. The van der Waals surface area contributed by atoms with Crippen LogP contribution in [0.15, 0.2) is 29.8 Å². The zero-order chi connectivity index (χ0) is 19.5. The molecule has 0 aliphatic heterocycles. The molecule has 0 fully saturated rings. The van der Waals surface area contributed by atoms with Crippen LogP contribution in [0.25, 0.3) is 5.57 Å². The Kier molecular flexibility index (Phi) is 5.38. The second kappa shape index (κ2) is 7.33. The van der Waals surface area contributed by atoms with Crippen LogP contribution in [0.3, 0.4) is 0 Å². The summed E-state index contributed by atoms with van der Waals surface area (Å²) in [4.78, 5) is 23.6. The molecule has 7 nitrogen and oxygen atoms in total. The summed E-state index contributed by atoms with van der Waals surface area (Å²) in [6.07, 6.45) is -4.98. The minimum atomic E-state index is -4.98. The maximum atomic E-state index is 13.2. The normalized spacial score (nSPS) is 12.5. The molecule has 2 aromatic rings. The van der Waals surface area contributed by atoms with E-state index in [1.54, 1.807) is 5.21 Å². The first-order valence-corrected chi connectivity index (χ1v) is 7.05. The minimum absolute atomic E-state index is 0.184. The van der Waals surface area contributed by atoms with Crippen molar-refractivity contribution < 1.29 is 37.0 Å². The summed E-state index contributed by atoms with van der Waals surface area (Å²) in [7, 11) is 0. The maximum Gasteiger partial charge on any atom is 0.437 e. The number of halogens is 4. The van der Waals surface area contributed by atoms with Gasteiger partial charge in [0, 0.05) is 5.57 Å². The highest BCUT2D eigenvalue weighted by atomic mass is 19.4. The van der Waals surface area contributed by atoms with Gasteiger partial charge in [0.05, 0.1) is 6.61 Å². The smallest absolute Gasteiger partial charge is 0.437 e. The third kappa shape index (κ3) is 3.87. The molecule has 0 spiro atoms. The molecular weight excluding hydrogens is 362 g/mol. The highest BCUT2D eigenvalue weighted by Gasteiger charge is 2.40. The SMILES string of the molecule is CCOC(=O)/C(C(=O)O)=C(\c1ccc(F)cc1)c1n[nH]nc1C(F)(F)F. The summed E-state index contributed by atoms with van der Waals surface area (Å²) < 4.78 is 57.3. The van der Waals surface area contributed by atoms with E-state index >= 15 is 0 Å². The largest absolute Gasteiger partial charge is 0.477 e. The van der Waals surface area contributed by atoms with E-state index in [1.807, 2.05) is 0 Å². The number of nitrogens with zero attached hydrogens (tertiary/aromatic N) is 2. The topological polar surface area (TPSA) is 105 Å². The molecule has 1 aromatic carbocycles. The summed E-state index contributed by atoms with van der Waals surface area (Å²) in [6.45, 7) is 1.18. The van der Waals surface area contributed by atoms with Gasteiger partial charge in [0.2, 0.25) is 0 Å². The van der Waals surface area contributed by atoms with Crippen LogP contribution in [-0.4, -0.2) is 39.1 Å². The zero-order valence-corrected chi connectivity index (χ0v) is 13.1. The number of H-pyrrole nitrogens is 1. The Morgan fingerprint density at radius 3 is 2.31 bits per heavy atom. The number of aliphatic carboxylic acids is 1. The second-order valence-corrected chi connectivity index (χ2v) is 4.80. The molecule has 0 saturated heterocycles. The van der Waals surface area contributed by atoms with Crippen molar-refractivity contribution in [3.63, 3.8) is 0 Å². The van der Waals surface area contributed by atoms with Crippen LogP contribution < -0.4 is 0 Å². The molecule has 2 N–H and O–H groups in total. The Balaban J connectivity index is 2.85. The fourth-order valence-electron chi connectivity index (χ4n) is 2.12. The maximum absolute atomic E-state index is 13.2. The first-order valence-electron chi connectivity index (χ1n) is 7.05. The van der Waals surface area contributed by atoms with E-state index in [0.29, 0.717) is 0 Å². The third-order valence-electron chi connectivity index (χ3n) is 3.13. The minimum Gasteiger partial charge on any atom is -0.477 e. The van der Waals surface area contributed by atoms with Gasteiger partial charge in [-0.25, -0.2) is 14.0 Å². The molecule has 0 radical (unpaired) electrons. The van der Waals surface area contributed by atoms with Gasteiger partial charge >= 0.3 is 18.1 Å². The lowest BCUT2D eigenvalue weighted by molar-refractivity contribution is -0.144. The summed E-state index contributed by atoms with van der Waals surface area (Å²) in [5.74, 6) is -3.91. The van der Waals surface area contributed by atoms with E-state index in [-0.39, 0.29) is 12.2 Å². The lowest BCUT2D eigenvalue weighted by Gasteiger charge is -2.12. The molecule has 2 rings (SSSR count). The van der Waals surface area contributed by atoms with Gasteiger partial charge in [-0.1, -0.05) is 12.1 Å². The number of ether oxygens (including phenoxy) is 1. The van der Waals surface area contributed by atoms with Crippen LogP contribution in [0, 0.1) is 5.82 Å². The summed E-state index contributed by atoms with van der Waals surface area (Å²) in [5.41, 5.74) is -4.42. The number of esters is 1. The van der Waals surface area contributed by atoms with E-state index < -0.39 is 46.5 Å². The molecule has 0 unspecified atom stereocenters. The molecule has 1 aromatic heterocycles. The number of carbonyl (C=O) groups excluding carboxylic acids is 1. The number of aromatic amines is 1. The number of alkyl halides is 3. The van der Waals surface area contributed by atoms with Gasteiger partial charge in [-0.2, -0.15) is 28.6 Å². The van der Waals surface area contributed by atoms with Crippen LogP contribution in [-0.2, 0) is 20.5 Å². The van der Waals surface area contributed by atoms with Gasteiger partial charge in [0.1, 0.15) is 11.5 Å². The molecule has 26 heavy (non-hydrogen) atoms. The zero-order valence-electron chi connectivity index (χ0n) is 13.1. The van der Waals surface area contributed by atoms with Crippen molar-refractivity contribution in [1.29, 1.82) is 0 Å². The lowest BCUT2D eigenvalue weighted by atomic mass is 9.95. The highest BCUT2D eigenvalue weighted by Crippen LogP contribution is 2.36. The average molecular weight is 373 g/mol. The van der Waals surface area contributed by atoms with Crippen LogP contribution in [0.5, 0.6) is 0 Å². The van der Waals surface area contributed by atoms with Gasteiger partial charge < -0.3 is 9.84 Å². The summed E-state index contributed by atoms with van der Waals surface area (Å²) in [5, 5.41) is 17.5. The molecule has 0 aliphatic carbocycles. The Hall–Kier alpha value is -3.24. The van der Waals surface area contributed by atoms with Crippen LogP contribution >= 0.6 is 0 Å². The van der Waals surface area contributed by atoms with E-state index in [0.717, 1.165) is 24.3 Å². The molecule has 11 heteroatoms. The monoisotopic (exact) mass is 373 g/mol. The van der Waals surface area contributed by atoms with Crippen molar-refractivity contribution in [2.75, 3.05) is 6.61 Å². The van der Waals surface area contributed by atoms with Crippen LogP contribution in [0.4, 0.5) is 17.6 Å². The van der Waals surface area contributed by atoms with Crippen molar-refractivity contribution in [3.8, 4) is 0 Å². The van der Waals surface area contributed by atoms with Crippen molar-refractivity contribution in [2.24, 2.45) is 0 Å². The molecule has 0 amide bonds. The van der Waals surface area contributed by atoms with E-state index in [1.165, 1.54) is 6.92 Å².